The van der Waals surface area contributed by atoms with E-state index in [2.05, 4.69) is 4.90 Å². The van der Waals surface area contributed by atoms with Gasteiger partial charge >= 0.3 is 5.97 Å². The summed E-state index contributed by atoms with van der Waals surface area (Å²) in [5.74, 6) is -1.75. The number of piperidine rings is 1. The number of carboxylic acid groups (broad SMARTS) is 1. The van der Waals surface area contributed by atoms with Gasteiger partial charge in [0.2, 0.25) is 0 Å². The highest BCUT2D eigenvalue weighted by Gasteiger charge is 2.37. The largest absolute Gasteiger partial charge is 0.490 e. The second-order valence-electron chi connectivity index (χ2n) is 8.76. The summed E-state index contributed by atoms with van der Waals surface area (Å²) in [5, 5.41) is 9.89. The standard InChI is InChI=1S/C24H26ClF2NO3/c1-15-2-3-17(20(25)10-15)13-28-8-6-24(27,7-9-28)14-31-22-12-21(26)19(23(29)30)11-18(22)16-4-5-16/h2-3,10-12,16H,4-9,13-14H2,1H3,(H,29,30). The Labute approximate surface area is 185 Å². The third-order valence-corrected chi connectivity index (χ3v) is 6.54. The number of carbonyl (C=O) groups is 1. The highest BCUT2D eigenvalue weighted by molar-refractivity contribution is 6.31. The number of halogens is 3. The molecule has 166 valence electrons. The van der Waals surface area contributed by atoms with Crippen molar-refractivity contribution in [3.8, 4) is 5.75 Å². The molecule has 2 aliphatic rings. The van der Waals surface area contributed by atoms with Crippen LogP contribution in [0.2, 0.25) is 5.02 Å². The quantitative estimate of drug-likeness (QED) is 0.585. The second-order valence-corrected chi connectivity index (χ2v) is 9.17. The zero-order chi connectivity index (χ0) is 22.2. The van der Waals surface area contributed by atoms with Gasteiger partial charge in [-0.2, -0.15) is 0 Å². The third-order valence-electron chi connectivity index (χ3n) is 6.19. The van der Waals surface area contributed by atoms with E-state index in [9.17, 15) is 9.18 Å². The van der Waals surface area contributed by atoms with Crippen molar-refractivity contribution >= 4 is 17.6 Å². The summed E-state index contributed by atoms with van der Waals surface area (Å²) in [6.07, 6.45) is 2.42. The van der Waals surface area contributed by atoms with E-state index in [-0.39, 0.29) is 23.8 Å². The number of alkyl halides is 1. The van der Waals surface area contributed by atoms with E-state index in [1.807, 2.05) is 25.1 Å². The first kappa shape index (κ1) is 22.0. The van der Waals surface area contributed by atoms with E-state index in [0.717, 1.165) is 35.1 Å². The summed E-state index contributed by atoms with van der Waals surface area (Å²) in [7, 11) is 0. The van der Waals surface area contributed by atoms with E-state index in [1.54, 1.807) is 0 Å². The van der Waals surface area contributed by atoms with Crippen LogP contribution in [0.5, 0.6) is 5.75 Å². The Morgan fingerprint density at radius 1 is 1.26 bits per heavy atom. The summed E-state index contributed by atoms with van der Waals surface area (Å²) in [6, 6.07) is 8.39. The molecule has 1 aliphatic heterocycles. The van der Waals surface area contributed by atoms with Crippen molar-refractivity contribution in [2.75, 3.05) is 19.7 Å². The summed E-state index contributed by atoms with van der Waals surface area (Å²) >= 11 is 6.32. The SMILES string of the molecule is Cc1ccc(CN2CCC(F)(COc3cc(F)c(C(=O)O)cc3C3CC3)CC2)c(Cl)c1. The van der Waals surface area contributed by atoms with Gasteiger partial charge in [-0.1, -0.05) is 23.7 Å². The molecule has 0 unspecified atom stereocenters. The van der Waals surface area contributed by atoms with Gasteiger partial charge in [-0.05, 0) is 67.3 Å². The number of aryl methyl sites for hydroxylation is 1. The topological polar surface area (TPSA) is 49.8 Å². The molecule has 31 heavy (non-hydrogen) atoms. The van der Waals surface area contributed by atoms with E-state index in [0.29, 0.717) is 38.0 Å². The molecular formula is C24H26ClF2NO3. The van der Waals surface area contributed by atoms with Gasteiger partial charge in [0.05, 0.1) is 5.56 Å². The van der Waals surface area contributed by atoms with Crippen LogP contribution in [0, 0.1) is 12.7 Å². The van der Waals surface area contributed by atoms with Gasteiger partial charge in [0.25, 0.3) is 0 Å². The number of rotatable bonds is 7. The maximum Gasteiger partial charge on any atom is 0.338 e. The van der Waals surface area contributed by atoms with Crippen LogP contribution in [0.15, 0.2) is 30.3 Å². The summed E-state index contributed by atoms with van der Waals surface area (Å²) < 4.78 is 35.3. The van der Waals surface area contributed by atoms with Crippen LogP contribution in [0.25, 0.3) is 0 Å². The Bertz CT molecular complexity index is 985. The lowest BCUT2D eigenvalue weighted by Gasteiger charge is -2.36. The number of hydrogen-bond donors (Lipinski definition) is 1. The van der Waals surface area contributed by atoms with Gasteiger partial charge in [-0.25, -0.2) is 13.6 Å². The summed E-state index contributed by atoms with van der Waals surface area (Å²) in [5.41, 5.74) is 0.917. The molecule has 4 rings (SSSR count). The molecule has 0 radical (unpaired) electrons. The molecule has 0 aromatic heterocycles. The summed E-state index contributed by atoms with van der Waals surface area (Å²) in [6.45, 7) is 3.64. The zero-order valence-corrected chi connectivity index (χ0v) is 18.2. The first-order valence-corrected chi connectivity index (χ1v) is 11.0. The van der Waals surface area contributed by atoms with Crippen molar-refractivity contribution < 1.29 is 23.4 Å². The van der Waals surface area contributed by atoms with Crippen molar-refractivity contribution in [2.45, 2.75) is 50.7 Å². The average molecular weight is 450 g/mol. The van der Waals surface area contributed by atoms with Crippen LogP contribution in [0.4, 0.5) is 8.78 Å². The van der Waals surface area contributed by atoms with Crippen LogP contribution < -0.4 is 4.74 Å². The molecule has 2 fully saturated rings. The van der Waals surface area contributed by atoms with Crippen molar-refractivity contribution in [1.29, 1.82) is 0 Å². The molecule has 1 aliphatic carbocycles. The average Bonchev–Trinajstić information content (AvgIpc) is 3.55. The Morgan fingerprint density at radius 3 is 2.58 bits per heavy atom. The van der Waals surface area contributed by atoms with Gasteiger partial charge in [-0.3, -0.25) is 4.90 Å². The van der Waals surface area contributed by atoms with Crippen LogP contribution in [-0.2, 0) is 6.54 Å². The maximum absolute atomic E-state index is 15.4. The van der Waals surface area contributed by atoms with Gasteiger partial charge in [0.15, 0.2) is 0 Å². The first-order valence-electron chi connectivity index (χ1n) is 10.6. The molecule has 1 heterocycles. The molecule has 0 bridgehead atoms. The van der Waals surface area contributed by atoms with Crippen LogP contribution >= 0.6 is 11.6 Å². The van der Waals surface area contributed by atoms with Crippen molar-refractivity contribution in [3.63, 3.8) is 0 Å². The van der Waals surface area contributed by atoms with Gasteiger partial charge in [0.1, 0.15) is 23.8 Å². The monoisotopic (exact) mass is 449 g/mol. The maximum atomic E-state index is 15.4. The normalized spacial score (nSPS) is 18.7. The fourth-order valence-corrected chi connectivity index (χ4v) is 4.35. The molecule has 7 heteroatoms. The highest BCUT2D eigenvalue weighted by Crippen LogP contribution is 2.45. The van der Waals surface area contributed by atoms with Crippen molar-refractivity contribution in [3.05, 3.63) is 63.4 Å². The smallest absolute Gasteiger partial charge is 0.338 e. The second kappa shape index (κ2) is 8.75. The van der Waals surface area contributed by atoms with Crippen LogP contribution in [0.1, 0.15) is 58.6 Å². The molecule has 1 N–H and O–H groups in total. The van der Waals surface area contributed by atoms with E-state index in [1.165, 1.54) is 6.07 Å². The van der Waals surface area contributed by atoms with Gasteiger partial charge in [0, 0.05) is 30.7 Å². The molecule has 2 aromatic rings. The Kier molecular flexibility index (Phi) is 6.22. The number of carboxylic acids is 1. The van der Waals surface area contributed by atoms with E-state index in [4.69, 9.17) is 21.4 Å². The molecule has 0 amide bonds. The number of benzene rings is 2. The Hall–Kier alpha value is -2.18. The molecule has 1 saturated carbocycles. The number of aromatic carboxylic acids is 1. The number of nitrogens with zero attached hydrogens (tertiary/aromatic N) is 1. The van der Waals surface area contributed by atoms with Gasteiger partial charge in [-0.15, -0.1) is 0 Å². The van der Waals surface area contributed by atoms with E-state index < -0.39 is 17.5 Å². The lowest BCUT2D eigenvalue weighted by molar-refractivity contribution is 0.0148. The molecule has 1 saturated heterocycles. The Balaban J connectivity index is 1.37. The van der Waals surface area contributed by atoms with Crippen molar-refractivity contribution in [1.82, 2.24) is 4.90 Å². The van der Waals surface area contributed by atoms with Crippen LogP contribution in [0.3, 0.4) is 0 Å². The number of likely N-dealkylation sites (tertiary alicyclic amines) is 1. The lowest BCUT2D eigenvalue weighted by Crippen LogP contribution is -2.44. The molecule has 2 aromatic carbocycles. The van der Waals surface area contributed by atoms with Crippen molar-refractivity contribution in [2.24, 2.45) is 0 Å². The molecule has 0 spiro atoms. The number of hydrogen-bond acceptors (Lipinski definition) is 3. The Morgan fingerprint density at radius 2 is 1.97 bits per heavy atom. The predicted molar refractivity (Wildman–Crippen MR) is 115 cm³/mol. The third kappa shape index (κ3) is 5.18. The zero-order valence-electron chi connectivity index (χ0n) is 17.5. The molecule has 0 atom stereocenters. The fourth-order valence-electron chi connectivity index (χ4n) is 4.06. The minimum absolute atomic E-state index is 0.158. The highest BCUT2D eigenvalue weighted by atomic mass is 35.5. The minimum Gasteiger partial charge on any atom is -0.490 e. The minimum atomic E-state index is -1.50. The lowest BCUT2D eigenvalue weighted by atomic mass is 9.93. The molecule has 4 nitrogen and oxygen atoms in total. The summed E-state index contributed by atoms with van der Waals surface area (Å²) in [4.78, 5) is 13.4. The molecular weight excluding hydrogens is 424 g/mol. The first-order chi connectivity index (χ1) is 14.7. The fraction of sp³-hybridized carbons (Fsp3) is 0.458. The predicted octanol–water partition coefficient (Wildman–Crippen LogP) is 5.75. The van der Waals surface area contributed by atoms with Crippen LogP contribution in [-0.4, -0.2) is 41.3 Å². The van der Waals surface area contributed by atoms with E-state index >= 15 is 4.39 Å². The number of ether oxygens (including phenoxy) is 1. The van der Waals surface area contributed by atoms with Gasteiger partial charge < -0.3 is 9.84 Å².